The quantitative estimate of drug-likeness (QED) is 0.639. The van der Waals surface area contributed by atoms with Crippen molar-refractivity contribution in [2.75, 3.05) is 0 Å². The third kappa shape index (κ3) is 1.24. The summed E-state index contributed by atoms with van der Waals surface area (Å²) in [5.41, 5.74) is 0.756. The Morgan fingerprint density at radius 2 is 1.94 bits per heavy atom. The molecule has 6 heteroatoms. The predicted octanol–water partition coefficient (Wildman–Crippen LogP) is 0.915. The van der Waals surface area contributed by atoms with Gasteiger partial charge >= 0.3 is 0 Å². The lowest BCUT2D eigenvalue weighted by atomic mass is 9.92. The second-order valence-electron chi connectivity index (χ2n) is 3.74. The zero-order valence-corrected chi connectivity index (χ0v) is 9.55. The molecule has 1 aliphatic rings. The summed E-state index contributed by atoms with van der Waals surface area (Å²) in [6.45, 7) is 1.67. The summed E-state index contributed by atoms with van der Waals surface area (Å²) in [5, 5.41) is 0. The molecule has 0 atom stereocenters. The number of ketones is 2. The first-order chi connectivity index (χ1) is 8.09. The Balaban J connectivity index is 2.38. The first-order valence-corrected chi connectivity index (χ1v) is 5.66. The van der Waals surface area contributed by atoms with Gasteiger partial charge in [0.2, 0.25) is 17.1 Å². The van der Waals surface area contributed by atoms with E-state index in [9.17, 15) is 14.4 Å². The van der Waals surface area contributed by atoms with E-state index in [-0.39, 0.29) is 22.8 Å². The lowest BCUT2D eigenvalue weighted by Crippen LogP contribution is -2.24. The van der Waals surface area contributed by atoms with Gasteiger partial charge in [-0.2, -0.15) is 4.37 Å². The second kappa shape index (κ2) is 3.21. The van der Waals surface area contributed by atoms with Crippen LogP contribution in [0.25, 0.3) is 0 Å². The van der Waals surface area contributed by atoms with Crippen LogP contribution in [0.15, 0.2) is 16.9 Å². The Morgan fingerprint density at radius 1 is 1.18 bits per heavy atom. The molecule has 0 saturated heterocycles. The largest absolute Gasteiger partial charge is 0.319 e. The normalized spacial score (nSPS) is 13.5. The lowest BCUT2D eigenvalue weighted by Gasteiger charge is -2.12. The number of H-pyrrole nitrogens is 1. The number of aromatic nitrogens is 2. The number of rotatable bonds is 0. The number of hydrogen-bond acceptors (Lipinski definition) is 5. The van der Waals surface area contributed by atoms with E-state index in [0.717, 1.165) is 11.5 Å². The molecule has 0 amide bonds. The Morgan fingerprint density at radius 3 is 2.71 bits per heavy atom. The Kier molecular flexibility index (Phi) is 1.90. The Bertz CT molecular complexity index is 727. The molecular formula is C11H6N2O3S. The lowest BCUT2D eigenvalue weighted by molar-refractivity contribution is 0.0978. The van der Waals surface area contributed by atoms with Crippen LogP contribution in [0.1, 0.15) is 37.0 Å². The highest BCUT2D eigenvalue weighted by Gasteiger charge is 2.34. The molecule has 2 heterocycles. The molecule has 17 heavy (non-hydrogen) atoms. The third-order valence-electron chi connectivity index (χ3n) is 2.69. The van der Waals surface area contributed by atoms with Crippen molar-refractivity contribution >= 4 is 23.1 Å². The van der Waals surface area contributed by atoms with Crippen molar-refractivity contribution in [2.24, 2.45) is 0 Å². The zero-order valence-electron chi connectivity index (χ0n) is 8.73. The fourth-order valence-corrected chi connectivity index (χ4v) is 2.73. The molecule has 84 valence electrons. The van der Waals surface area contributed by atoms with Crippen molar-refractivity contribution in [2.45, 2.75) is 6.92 Å². The topological polar surface area (TPSA) is 79.9 Å². The fraction of sp³-hybridized carbons (Fsp3) is 0.0909. The first kappa shape index (κ1) is 10.1. The van der Waals surface area contributed by atoms with E-state index in [1.807, 2.05) is 0 Å². The molecule has 0 bridgehead atoms. The monoisotopic (exact) mass is 246 g/mol. The minimum atomic E-state index is -0.394. The molecule has 3 rings (SSSR count). The molecule has 2 aromatic rings. The van der Waals surface area contributed by atoms with E-state index in [4.69, 9.17) is 0 Å². The number of aryl methyl sites for hydroxylation is 1. The molecule has 1 N–H and O–H groups in total. The maximum Gasteiger partial charge on any atom is 0.248 e. The second-order valence-corrected chi connectivity index (χ2v) is 4.52. The Hall–Kier alpha value is -2.08. The average molecular weight is 246 g/mol. The van der Waals surface area contributed by atoms with Crippen molar-refractivity contribution in [1.82, 2.24) is 9.36 Å². The number of nitrogens with zero attached hydrogens (tertiary/aromatic N) is 1. The van der Waals surface area contributed by atoms with Gasteiger partial charge in [-0.3, -0.25) is 14.4 Å². The van der Waals surface area contributed by atoms with E-state index in [0.29, 0.717) is 16.1 Å². The number of pyridine rings is 1. The minimum Gasteiger partial charge on any atom is -0.319 e. The van der Waals surface area contributed by atoms with Crippen LogP contribution in [-0.4, -0.2) is 20.9 Å². The summed E-state index contributed by atoms with van der Waals surface area (Å²) >= 11 is 1.02. The van der Waals surface area contributed by atoms with E-state index < -0.39 is 5.56 Å². The molecule has 0 saturated carbocycles. The maximum absolute atomic E-state index is 12.1. The molecule has 0 aromatic carbocycles. The molecule has 0 aliphatic heterocycles. The molecule has 1 aliphatic carbocycles. The molecule has 0 fully saturated rings. The number of nitrogens with one attached hydrogen (secondary N) is 1. The highest BCUT2D eigenvalue weighted by molar-refractivity contribution is 7.09. The number of carbonyl (C=O) groups is 2. The molecule has 2 aromatic heterocycles. The number of carbonyl (C=O) groups excluding carboxylic acids is 2. The molecule has 0 spiro atoms. The van der Waals surface area contributed by atoms with Gasteiger partial charge in [0.15, 0.2) is 0 Å². The van der Waals surface area contributed by atoms with E-state index in [1.54, 1.807) is 6.92 Å². The van der Waals surface area contributed by atoms with Gasteiger partial charge in [0.25, 0.3) is 0 Å². The predicted molar refractivity (Wildman–Crippen MR) is 60.8 cm³/mol. The van der Waals surface area contributed by atoms with Crippen molar-refractivity contribution in [3.05, 3.63) is 49.9 Å². The van der Waals surface area contributed by atoms with Crippen LogP contribution >= 0.6 is 11.5 Å². The number of fused-ring (bicyclic) bond motifs is 2. The fourth-order valence-electron chi connectivity index (χ4n) is 1.88. The summed E-state index contributed by atoms with van der Waals surface area (Å²) in [5.74, 6) is -0.588. The van der Waals surface area contributed by atoms with Gasteiger partial charge in [-0.1, -0.05) is 0 Å². The van der Waals surface area contributed by atoms with Gasteiger partial charge in [-0.15, -0.1) is 0 Å². The average Bonchev–Trinajstić information content (AvgIpc) is 2.68. The molecule has 0 unspecified atom stereocenters. The third-order valence-corrected chi connectivity index (χ3v) is 3.62. The van der Waals surface area contributed by atoms with Gasteiger partial charge < -0.3 is 4.98 Å². The molecular weight excluding hydrogens is 240 g/mol. The van der Waals surface area contributed by atoms with E-state index in [1.165, 1.54) is 12.1 Å². The van der Waals surface area contributed by atoms with E-state index >= 15 is 0 Å². The van der Waals surface area contributed by atoms with Crippen molar-refractivity contribution < 1.29 is 9.59 Å². The Labute approximate surface area is 99.3 Å². The van der Waals surface area contributed by atoms with Gasteiger partial charge in [0.05, 0.1) is 16.8 Å². The summed E-state index contributed by atoms with van der Waals surface area (Å²) in [4.78, 5) is 38.2. The smallest absolute Gasteiger partial charge is 0.248 e. The standard InChI is InChI=1S/C11H6N2O3S/c1-4-7-10(16)8-5(2-3-6(14)12-8)9(15)11(7)17-13-4/h2-3H,1H3,(H,12,14). The summed E-state index contributed by atoms with van der Waals surface area (Å²) < 4.78 is 4.01. The summed E-state index contributed by atoms with van der Waals surface area (Å²) in [6.07, 6.45) is 0. The van der Waals surface area contributed by atoms with Gasteiger partial charge in [0, 0.05) is 6.07 Å². The maximum atomic E-state index is 12.1. The molecule has 0 radical (unpaired) electrons. The van der Waals surface area contributed by atoms with Crippen molar-refractivity contribution in [3.8, 4) is 0 Å². The van der Waals surface area contributed by atoms with Crippen molar-refractivity contribution in [3.63, 3.8) is 0 Å². The first-order valence-electron chi connectivity index (χ1n) is 4.88. The van der Waals surface area contributed by atoms with Crippen LogP contribution in [0, 0.1) is 6.92 Å². The van der Waals surface area contributed by atoms with Crippen LogP contribution in [-0.2, 0) is 0 Å². The van der Waals surface area contributed by atoms with E-state index in [2.05, 4.69) is 9.36 Å². The van der Waals surface area contributed by atoms with Gasteiger partial charge in [0.1, 0.15) is 10.6 Å². The highest BCUT2D eigenvalue weighted by atomic mass is 32.1. The van der Waals surface area contributed by atoms with Crippen LogP contribution in [0.3, 0.4) is 0 Å². The van der Waals surface area contributed by atoms with Crippen LogP contribution in [0.4, 0.5) is 0 Å². The number of hydrogen-bond donors (Lipinski definition) is 1. The van der Waals surface area contributed by atoms with Crippen LogP contribution in [0.2, 0.25) is 0 Å². The van der Waals surface area contributed by atoms with Gasteiger partial charge in [-0.25, -0.2) is 0 Å². The SMILES string of the molecule is Cc1nsc2c1C(=O)c1[nH]c(=O)ccc1C2=O. The van der Waals surface area contributed by atoms with Crippen molar-refractivity contribution in [1.29, 1.82) is 0 Å². The summed E-state index contributed by atoms with van der Waals surface area (Å²) in [7, 11) is 0. The van der Waals surface area contributed by atoms with Crippen LogP contribution in [0.5, 0.6) is 0 Å². The van der Waals surface area contributed by atoms with Crippen LogP contribution < -0.4 is 5.56 Å². The zero-order chi connectivity index (χ0) is 12.2. The highest BCUT2D eigenvalue weighted by Crippen LogP contribution is 2.29. The number of aromatic amines is 1. The molecule has 5 nitrogen and oxygen atoms in total. The van der Waals surface area contributed by atoms with Gasteiger partial charge in [-0.05, 0) is 24.5 Å². The summed E-state index contributed by atoms with van der Waals surface area (Å²) in [6, 6.07) is 2.62. The minimum absolute atomic E-state index is 0.0679.